The molecule has 0 radical (unpaired) electrons. The van der Waals surface area contributed by atoms with Gasteiger partial charge in [-0.3, -0.25) is 13.9 Å². The Bertz CT molecular complexity index is 497. The van der Waals surface area contributed by atoms with Crippen molar-refractivity contribution in [2.75, 3.05) is 0 Å². The fourth-order valence-corrected chi connectivity index (χ4v) is 2.24. The summed E-state index contributed by atoms with van der Waals surface area (Å²) in [6.45, 7) is 0. The molecule has 13 heavy (non-hydrogen) atoms. The summed E-state index contributed by atoms with van der Waals surface area (Å²) in [6.07, 6.45) is 2.03. The van der Waals surface area contributed by atoms with E-state index in [4.69, 9.17) is 0 Å². The van der Waals surface area contributed by atoms with Crippen LogP contribution in [0.4, 0.5) is 0 Å². The van der Waals surface area contributed by atoms with Crippen LogP contribution in [0.15, 0.2) is 15.7 Å². The van der Waals surface area contributed by atoms with Gasteiger partial charge in [0.1, 0.15) is 0 Å². The van der Waals surface area contributed by atoms with E-state index in [9.17, 15) is 9.59 Å². The van der Waals surface area contributed by atoms with Crippen LogP contribution < -0.4 is 11.2 Å². The van der Waals surface area contributed by atoms with Crippen LogP contribution in [-0.4, -0.2) is 9.13 Å². The predicted molar refractivity (Wildman–Crippen MR) is 46.8 cm³/mol. The molecule has 1 saturated carbocycles. The van der Waals surface area contributed by atoms with Crippen molar-refractivity contribution in [2.24, 2.45) is 13.0 Å². The maximum atomic E-state index is 11.6. The second-order valence-electron chi connectivity index (χ2n) is 3.95. The molecule has 2 aliphatic rings. The van der Waals surface area contributed by atoms with Crippen LogP contribution >= 0.6 is 0 Å². The molecule has 0 amide bonds. The number of nitrogens with zero attached hydrogens (tertiary/aromatic N) is 2. The Morgan fingerprint density at radius 1 is 1.46 bits per heavy atom. The first-order valence-electron chi connectivity index (χ1n) is 4.50. The van der Waals surface area contributed by atoms with Gasteiger partial charge < -0.3 is 0 Å². The molecular weight excluding hydrogens is 168 g/mol. The summed E-state index contributed by atoms with van der Waals surface area (Å²) in [6, 6.07) is 1.99. The molecule has 0 N–H and O–H groups in total. The van der Waals surface area contributed by atoms with E-state index in [1.165, 1.54) is 11.6 Å². The molecule has 0 spiro atoms. The highest BCUT2D eigenvalue weighted by Gasteiger charge is 2.46. The zero-order chi connectivity index (χ0) is 9.16. The zero-order valence-electron chi connectivity index (χ0n) is 7.36. The highest BCUT2D eigenvalue weighted by molar-refractivity contribution is 5.17. The first-order valence-corrected chi connectivity index (χ1v) is 4.50. The summed E-state index contributed by atoms with van der Waals surface area (Å²) in [7, 11) is 1.54. The fraction of sp³-hybridized carbons (Fsp3) is 0.556. The van der Waals surface area contributed by atoms with Crippen molar-refractivity contribution in [1.82, 2.24) is 9.13 Å². The van der Waals surface area contributed by atoms with Gasteiger partial charge in [-0.2, -0.15) is 0 Å². The molecular formula is C9H10N2O2. The quantitative estimate of drug-likeness (QED) is 0.545. The summed E-state index contributed by atoms with van der Waals surface area (Å²) in [5, 5.41) is 0. The molecule has 68 valence electrons. The highest BCUT2D eigenvalue weighted by atomic mass is 16.2. The molecule has 2 atom stereocenters. The van der Waals surface area contributed by atoms with Crippen molar-refractivity contribution in [1.29, 1.82) is 0 Å². The molecule has 4 heteroatoms. The van der Waals surface area contributed by atoms with Crippen LogP contribution in [0, 0.1) is 5.92 Å². The number of hydrogen-bond donors (Lipinski definition) is 0. The van der Waals surface area contributed by atoms with E-state index in [0.29, 0.717) is 12.0 Å². The van der Waals surface area contributed by atoms with Gasteiger partial charge in [0.2, 0.25) is 0 Å². The van der Waals surface area contributed by atoms with E-state index in [0.717, 1.165) is 18.5 Å². The van der Waals surface area contributed by atoms with Crippen molar-refractivity contribution < 1.29 is 0 Å². The lowest BCUT2D eigenvalue weighted by molar-refractivity contribution is 0.620. The van der Waals surface area contributed by atoms with Gasteiger partial charge in [-0.25, -0.2) is 4.79 Å². The molecule has 2 unspecified atom stereocenters. The third-order valence-corrected chi connectivity index (χ3v) is 3.11. The number of fused-ring (bicyclic) bond motifs is 3. The lowest BCUT2D eigenvalue weighted by Crippen LogP contribution is -2.37. The number of hydrogen-bond acceptors (Lipinski definition) is 2. The van der Waals surface area contributed by atoms with Gasteiger partial charge in [-0.05, 0) is 18.8 Å². The van der Waals surface area contributed by atoms with E-state index in [1.54, 1.807) is 10.6 Å². The molecule has 1 aromatic heterocycles. The third kappa shape index (κ3) is 0.753. The van der Waals surface area contributed by atoms with Crippen molar-refractivity contribution in [2.45, 2.75) is 18.9 Å². The van der Waals surface area contributed by atoms with Crippen LogP contribution in [0.5, 0.6) is 0 Å². The van der Waals surface area contributed by atoms with E-state index in [1.807, 2.05) is 0 Å². The fourth-order valence-electron chi connectivity index (χ4n) is 2.24. The van der Waals surface area contributed by atoms with Gasteiger partial charge >= 0.3 is 5.69 Å². The van der Waals surface area contributed by atoms with Crippen LogP contribution in [0.1, 0.15) is 18.2 Å². The van der Waals surface area contributed by atoms with Crippen molar-refractivity contribution >= 4 is 0 Å². The van der Waals surface area contributed by atoms with Crippen LogP contribution in [-0.2, 0) is 13.5 Å². The molecule has 1 fully saturated rings. The van der Waals surface area contributed by atoms with Gasteiger partial charge in [0.25, 0.3) is 5.56 Å². The second-order valence-corrected chi connectivity index (χ2v) is 3.95. The molecule has 4 nitrogen and oxygen atoms in total. The van der Waals surface area contributed by atoms with E-state index >= 15 is 0 Å². The highest BCUT2D eigenvalue weighted by Crippen LogP contribution is 2.49. The Labute approximate surface area is 74.4 Å². The van der Waals surface area contributed by atoms with E-state index in [2.05, 4.69) is 0 Å². The maximum absolute atomic E-state index is 11.6. The van der Waals surface area contributed by atoms with Crippen molar-refractivity contribution in [3.63, 3.8) is 0 Å². The predicted octanol–water partition coefficient (Wildman–Crippen LogP) is -0.336. The largest absolute Gasteiger partial charge is 0.331 e. The normalized spacial score (nSPS) is 28.4. The average Bonchev–Trinajstić information content (AvgIpc) is 2.74. The monoisotopic (exact) mass is 178 g/mol. The van der Waals surface area contributed by atoms with Crippen molar-refractivity contribution in [3.05, 3.63) is 32.6 Å². The Hall–Kier alpha value is -1.32. The minimum absolute atomic E-state index is 0.146. The van der Waals surface area contributed by atoms with E-state index < -0.39 is 0 Å². The van der Waals surface area contributed by atoms with Crippen LogP contribution in [0.2, 0.25) is 0 Å². The Morgan fingerprint density at radius 3 is 3.00 bits per heavy atom. The van der Waals surface area contributed by atoms with Gasteiger partial charge in [-0.1, -0.05) is 0 Å². The second kappa shape index (κ2) is 1.95. The SMILES string of the molecule is Cn1c(=O)cc2n(c1=O)C1CC1C2. The summed E-state index contributed by atoms with van der Waals surface area (Å²) in [4.78, 5) is 22.9. The molecule has 3 rings (SSSR count). The summed E-state index contributed by atoms with van der Waals surface area (Å²) < 4.78 is 2.97. The minimum Gasteiger partial charge on any atom is -0.294 e. The third-order valence-electron chi connectivity index (χ3n) is 3.11. The molecule has 1 aliphatic heterocycles. The van der Waals surface area contributed by atoms with Crippen LogP contribution in [0.25, 0.3) is 0 Å². The minimum atomic E-state index is -0.183. The van der Waals surface area contributed by atoms with Crippen molar-refractivity contribution in [3.8, 4) is 0 Å². The lowest BCUT2D eigenvalue weighted by Gasteiger charge is -2.06. The smallest absolute Gasteiger partial charge is 0.294 e. The zero-order valence-corrected chi connectivity index (χ0v) is 7.36. The first kappa shape index (κ1) is 7.12. The number of aromatic nitrogens is 2. The summed E-state index contributed by atoms with van der Waals surface area (Å²) in [5.41, 5.74) is 0.597. The van der Waals surface area contributed by atoms with Crippen LogP contribution in [0.3, 0.4) is 0 Å². The molecule has 0 aromatic carbocycles. The number of rotatable bonds is 0. The van der Waals surface area contributed by atoms with Gasteiger partial charge in [0.05, 0.1) is 0 Å². The Morgan fingerprint density at radius 2 is 2.23 bits per heavy atom. The van der Waals surface area contributed by atoms with Gasteiger partial charge in [0, 0.05) is 24.8 Å². The lowest BCUT2D eigenvalue weighted by atomic mass is 10.2. The standard InChI is InChI=1S/C9H10N2O2/c1-10-8(12)4-6-2-5-3-7(5)11(6)9(10)13/h4-5,7H,2-3H2,1H3. The molecule has 1 aromatic rings. The molecule has 0 saturated heterocycles. The van der Waals surface area contributed by atoms with Gasteiger partial charge in [0.15, 0.2) is 0 Å². The Kier molecular flexibility index (Phi) is 1.07. The topological polar surface area (TPSA) is 44.0 Å². The average molecular weight is 178 g/mol. The maximum Gasteiger partial charge on any atom is 0.331 e. The van der Waals surface area contributed by atoms with E-state index in [-0.39, 0.29) is 11.2 Å². The Balaban J connectivity index is 2.41. The molecule has 1 aliphatic carbocycles. The first-order chi connectivity index (χ1) is 6.18. The summed E-state index contributed by atoms with van der Waals surface area (Å²) >= 11 is 0. The molecule has 0 bridgehead atoms. The summed E-state index contributed by atoms with van der Waals surface area (Å²) in [5.74, 6) is 0.634. The van der Waals surface area contributed by atoms with Gasteiger partial charge in [-0.15, -0.1) is 0 Å². The molecule has 2 heterocycles.